The van der Waals surface area contributed by atoms with Gasteiger partial charge in [-0.1, -0.05) is 22.9 Å². The van der Waals surface area contributed by atoms with Crippen LogP contribution in [-0.2, 0) is 10.0 Å². The largest absolute Gasteiger partial charge is 0.396 e. The third-order valence-corrected chi connectivity index (χ3v) is 5.89. The molecule has 1 aromatic rings. The van der Waals surface area contributed by atoms with Gasteiger partial charge in [-0.05, 0) is 40.5 Å². The molecule has 0 heterocycles. The van der Waals surface area contributed by atoms with Crippen molar-refractivity contribution in [3.63, 3.8) is 0 Å². The highest BCUT2D eigenvalue weighted by atomic mass is 79.9. The van der Waals surface area contributed by atoms with E-state index in [0.29, 0.717) is 28.5 Å². The Morgan fingerprint density at radius 3 is 2.56 bits per heavy atom. The minimum absolute atomic E-state index is 0.0221. The SMILES string of the molecule is CCN(CCCO)S(=O)(=O)c1cc(Br)ccc1Br. The molecule has 4 nitrogen and oxygen atoms in total. The summed E-state index contributed by atoms with van der Waals surface area (Å²) in [5.74, 6) is 0. The predicted molar refractivity (Wildman–Crippen MR) is 78.0 cm³/mol. The maximum Gasteiger partial charge on any atom is 0.244 e. The Morgan fingerprint density at radius 2 is 2.00 bits per heavy atom. The molecule has 0 aliphatic heterocycles. The first kappa shape index (κ1) is 16.1. The summed E-state index contributed by atoms with van der Waals surface area (Å²) >= 11 is 6.52. The van der Waals surface area contributed by atoms with Gasteiger partial charge >= 0.3 is 0 Å². The highest BCUT2D eigenvalue weighted by molar-refractivity contribution is 9.11. The molecular formula is C11H15Br2NO3S. The van der Waals surface area contributed by atoms with E-state index in [1.165, 1.54) is 4.31 Å². The summed E-state index contributed by atoms with van der Waals surface area (Å²) in [4.78, 5) is 0.233. The molecular weight excluding hydrogens is 386 g/mol. The van der Waals surface area contributed by atoms with E-state index in [-0.39, 0.29) is 11.5 Å². The van der Waals surface area contributed by atoms with Crippen molar-refractivity contribution in [1.29, 1.82) is 0 Å². The van der Waals surface area contributed by atoms with E-state index >= 15 is 0 Å². The van der Waals surface area contributed by atoms with Crippen LogP contribution >= 0.6 is 31.9 Å². The molecule has 0 aliphatic rings. The molecule has 1 aromatic carbocycles. The molecule has 0 saturated heterocycles. The lowest BCUT2D eigenvalue weighted by Gasteiger charge is -2.20. The molecule has 0 amide bonds. The van der Waals surface area contributed by atoms with Crippen LogP contribution in [0, 0.1) is 0 Å². The Hall–Kier alpha value is 0.0500. The second-order valence-corrected chi connectivity index (χ2v) is 7.32. The Morgan fingerprint density at radius 1 is 1.33 bits per heavy atom. The van der Waals surface area contributed by atoms with Crippen LogP contribution in [0.2, 0.25) is 0 Å². The fourth-order valence-corrected chi connectivity index (χ4v) is 4.46. The lowest BCUT2D eigenvalue weighted by atomic mass is 10.4. The first-order valence-electron chi connectivity index (χ1n) is 5.49. The van der Waals surface area contributed by atoms with Crippen molar-refractivity contribution in [2.24, 2.45) is 0 Å². The summed E-state index contributed by atoms with van der Waals surface area (Å²) in [6.45, 7) is 2.45. The van der Waals surface area contributed by atoms with Gasteiger partial charge in [-0.2, -0.15) is 4.31 Å². The predicted octanol–water partition coefficient (Wildman–Crippen LogP) is 2.60. The zero-order chi connectivity index (χ0) is 13.8. The first-order chi connectivity index (χ1) is 8.43. The van der Waals surface area contributed by atoms with Crippen molar-refractivity contribution in [2.45, 2.75) is 18.2 Å². The van der Waals surface area contributed by atoms with E-state index < -0.39 is 10.0 Å². The zero-order valence-electron chi connectivity index (χ0n) is 9.94. The second kappa shape index (κ2) is 7.00. The monoisotopic (exact) mass is 399 g/mol. The minimum atomic E-state index is -3.53. The molecule has 7 heteroatoms. The van der Waals surface area contributed by atoms with Gasteiger partial charge in [0.1, 0.15) is 0 Å². The molecule has 0 aliphatic carbocycles. The van der Waals surface area contributed by atoms with E-state index in [1.54, 1.807) is 25.1 Å². The van der Waals surface area contributed by atoms with E-state index in [9.17, 15) is 8.42 Å². The van der Waals surface area contributed by atoms with Crippen LogP contribution in [0.25, 0.3) is 0 Å². The normalized spacial score (nSPS) is 12.1. The minimum Gasteiger partial charge on any atom is -0.396 e. The zero-order valence-corrected chi connectivity index (χ0v) is 13.9. The fraction of sp³-hybridized carbons (Fsp3) is 0.455. The number of hydrogen-bond acceptors (Lipinski definition) is 3. The van der Waals surface area contributed by atoms with Crippen molar-refractivity contribution in [3.8, 4) is 0 Å². The molecule has 0 bridgehead atoms. The Kier molecular flexibility index (Phi) is 6.26. The lowest BCUT2D eigenvalue weighted by Crippen LogP contribution is -2.32. The van der Waals surface area contributed by atoms with Crippen molar-refractivity contribution in [1.82, 2.24) is 4.31 Å². The molecule has 1 rings (SSSR count). The molecule has 18 heavy (non-hydrogen) atoms. The van der Waals surface area contributed by atoms with Crippen LogP contribution in [0.3, 0.4) is 0 Å². The van der Waals surface area contributed by atoms with Gasteiger partial charge in [0, 0.05) is 28.6 Å². The summed E-state index contributed by atoms with van der Waals surface area (Å²) in [5, 5.41) is 8.81. The Balaban J connectivity index is 3.14. The summed E-state index contributed by atoms with van der Waals surface area (Å²) < 4.78 is 27.5. The number of benzene rings is 1. The summed E-state index contributed by atoms with van der Waals surface area (Å²) in [6.07, 6.45) is 0.429. The molecule has 0 fully saturated rings. The van der Waals surface area contributed by atoms with Crippen molar-refractivity contribution >= 4 is 41.9 Å². The van der Waals surface area contributed by atoms with Gasteiger partial charge in [0.15, 0.2) is 0 Å². The van der Waals surface area contributed by atoms with Crippen LogP contribution in [0.4, 0.5) is 0 Å². The maximum atomic E-state index is 12.4. The second-order valence-electron chi connectivity index (χ2n) is 3.65. The molecule has 1 N–H and O–H groups in total. The number of sulfonamides is 1. The van der Waals surface area contributed by atoms with Crippen LogP contribution in [0.1, 0.15) is 13.3 Å². The van der Waals surface area contributed by atoms with Crippen molar-refractivity contribution in [3.05, 3.63) is 27.1 Å². The van der Waals surface area contributed by atoms with Gasteiger partial charge in [-0.25, -0.2) is 8.42 Å². The molecule has 0 radical (unpaired) electrons. The number of hydrogen-bond donors (Lipinski definition) is 1. The smallest absolute Gasteiger partial charge is 0.244 e. The molecule has 0 spiro atoms. The third-order valence-electron chi connectivity index (χ3n) is 2.43. The van der Waals surface area contributed by atoms with Gasteiger partial charge < -0.3 is 5.11 Å². The van der Waals surface area contributed by atoms with E-state index in [0.717, 1.165) is 0 Å². The fourth-order valence-electron chi connectivity index (χ4n) is 1.51. The lowest BCUT2D eigenvalue weighted by molar-refractivity contribution is 0.271. The van der Waals surface area contributed by atoms with Gasteiger partial charge in [0.2, 0.25) is 10.0 Å². The quantitative estimate of drug-likeness (QED) is 0.798. The summed E-state index contributed by atoms with van der Waals surface area (Å²) in [6, 6.07) is 5.03. The van der Waals surface area contributed by atoms with Gasteiger partial charge in [-0.3, -0.25) is 0 Å². The van der Waals surface area contributed by atoms with E-state index in [4.69, 9.17) is 5.11 Å². The number of aliphatic hydroxyl groups is 1. The van der Waals surface area contributed by atoms with Crippen LogP contribution in [-0.4, -0.2) is 37.5 Å². The maximum absolute atomic E-state index is 12.4. The standard InChI is InChI=1S/C11H15Br2NO3S/c1-2-14(6-3-7-15)18(16,17)11-8-9(12)4-5-10(11)13/h4-5,8,15H,2-3,6-7H2,1H3. The average molecular weight is 401 g/mol. The van der Waals surface area contributed by atoms with E-state index in [1.807, 2.05) is 0 Å². The van der Waals surface area contributed by atoms with E-state index in [2.05, 4.69) is 31.9 Å². The van der Waals surface area contributed by atoms with Crippen LogP contribution < -0.4 is 0 Å². The average Bonchev–Trinajstić information content (AvgIpc) is 2.33. The Labute approximate surface area is 124 Å². The van der Waals surface area contributed by atoms with Gasteiger partial charge in [0.05, 0.1) is 4.90 Å². The first-order valence-corrected chi connectivity index (χ1v) is 8.52. The number of rotatable bonds is 6. The summed E-state index contributed by atoms with van der Waals surface area (Å²) in [5.41, 5.74) is 0. The molecule has 102 valence electrons. The molecule has 0 saturated carbocycles. The highest BCUT2D eigenvalue weighted by Crippen LogP contribution is 2.28. The van der Waals surface area contributed by atoms with Gasteiger partial charge in [-0.15, -0.1) is 0 Å². The van der Waals surface area contributed by atoms with Gasteiger partial charge in [0.25, 0.3) is 0 Å². The third kappa shape index (κ3) is 3.77. The molecule has 0 aromatic heterocycles. The Bertz CT molecular complexity index is 505. The molecule has 0 unspecified atom stereocenters. The highest BCUT2D eigenvalue weighted by Gasteiger charge is 2.25. The van der Waals surface area contributed by atoms with Crippen LogP contribution in [0.15, 0.2) is 32.0 Å². The number of nitrogens with zero attached hydrogens (tertiary/aromatic N) is 1. The van der Waals surface area contributed by atoms with Crippen LogP contribution in [0.5, 0.6) is 0 Å². The molecule has 0 atom stereocenters. The van der Waals surface area contributed by atoms with Crippen molar-refractivity contribution < 1.29 is 13.5 Å². The number of aliphatic hydroxyl groups excluding tert-OH is 1. The summed E-state index contributed by atoms with van der Waals surface area (Å²) in [7, 11) is -3.53. The van der Waals surface area contributed by atoms with Crippen molar-refractivity contribution in [2.75, 3.05) is 19.7 Å². The topological polar surface area (TPSA) is 57.6 Å². The number of halogens is 2.